The molecule has 3 heteroatoms. The van der Waals surface area contributed by atoms with Gasteiger partial charge in [-0.25, -0.2) is 4.39 Å². The number of benzene rings is 1. The van der Waals surface area contributed by atoms with E-state index in [0.29, 0.717) is 0 Å². The van der Waals surface area contributed by atoms with Crippen LogP contribution >= 0.6 is 0 Å². The molecule has 0 spiro atoms. The van der Waals surface area contributed by atoms with Crippen molar-refractivity contribution in [2.75, 3.05) is 0 Å². The van der Waals surface area contributed by atoms with Gasteiger partial charge in [-0.15, -0.1) is 0 Å². The van der Waals surface area contributed by atoms with Crippen LogP contribution in [0, 0.1) is 19.7 Å². The third kappa shape index (κ3) is 3.04. The van der Waals surface area contributed by atoms with Crippen molar-refractivity contribution in [3.63, 3.8) is 0 Å². The van der Waals surface area contributed by atoms with Crippen LogP contribution in [-0.4, -0.2) is 4.57 Å². The zero-order chi connectivity index (χ0) is 14.0. The molecule has 102 valence electrons. The quantitative estimate of drug-likeness (QED) is 0.888. The van der Waals surface area contributed by atoms with E-state index in [2.05, 4.69) is 43.8 Å². The van der Waals surface area contributed by atoms with E-state index in [0.717, 1.165) is 12.1 Å². The molecule has 0 saturated heterocycles. The lowest BCUT2D eigenvalue weighted by atomic mass is 10.1. The van der Waals surface area contributed by atoms with Crippen LogP contribution in [0.1, 0.15) is 35.5 Å². The van der Waals surface area contributed by atoms with Crippen LogP contribution in [0.3, 0.4) is 0 Å². The fraction of sp³-hybridized carbons (Fsp3) is 0.375. The highest BCUT2D eigenvalue weighted by Gasteiger charge is 2.09. The summed E-state index contributed by atoms with van der Waals surface area (Å²) in [5.41, 5.74) is 4.97. The smallest absolute Gasteiger partial charge is 0.123 e. The number of aromatic nitrogens is 1. The first kappa shape index (κ1) is 13.8. The van der Waals surface area contributed by atoms with Crippen LogP contribution in [0.5, 0.6) is 0 Å². The van der Waals surface area contributed by atoms with Crippen LogP contribution in [0.4, 0.5) is 4.39 Å². The molecule has 0 aliphatic carbocycles. The van der Waals surface area contributed by atoms with Gasteiger partial charge in [-0.3, -0.25) is 0 Å². The Balaban J connectivity index is 2.02. The van der Waals surface area contributed by atoms with Gasteiger partial charge in [-0.1, -0.05) is 12.1 Å². The van der Waals surface area contributed by atoms with E-state index in [1.165, 1.54) is 29.1 Å². The van der Waals surface area contributed by atoms with E-state index < -0.39 is 0 Å². The topological polar surface area (TPSA) is 17.0 Å². The Kier molecular flexibility index (Phi) is 4.05. The van der Waals surface area contributed by atoms with Crippen molar-refractivity contribution < 1.29 is 4.39 Å². The molecule has 2 nitrogen and oxygen atoms in total. The summed E-state index contributed by atoms with van der Waals surface area (Å²) < 4.78 is 15.1. The fourth-order valence-corrected chi connectivity index (χ4v) is 2.24. The van der Waals surface area contributed by atoms with Gasteiger partial charge < -0.3 is 9.88 Å². The van der Waals surface area contributed by atoms with E-state index in [1.54, 1.807) is 0 Å². The van der Waals surface area contributed by atoms with Gasteiger partial charge >= 0.3 is 0 Å². The molecule has 2 rings (SSSR count). The Morgan fingerprint density at radius 1 is 1.21 bits per heavy atom. The highest BCUT2D eigenvalue weighted by molar-refractivity contribution is 5.26. The van der Waals surface area contributed by atoms with Crippen molar-refractivity contribution in [1.82, 2.24) is 9.88 Å². The molecule has 1 N–H and O–H groups in total. The zero-order valence-corrected chi connectivity index (χ0v) is 12.0. The molecule has 0 bridgehead atoms. The Morgan fingerprint density at radius 3 is 2.37 bits per heavy atom. The van der Waals surface area contributed by atoms with E-state index >= 15 is 0 Å². The Bertz CT molecular complexity index is 555. The van der Waals surface area contributed by atoms with Gasteiger partial charge in [0.2, 0.25) is 0 Å². The molecule has 0 fully saturated rings. The predicted molar refractivity (Wildman–Crippen MR) is 76.5 cm³/mol. The van der Waals surface area contributed by atoms with Gasteiger partial charge in [-0.2, -0.15) is 0 Å². The molecule has 19 heavy (non-hydrogen) atoms. The molecular formula is C16H21FN2. The largest absolute Gasteiger partial charge is 0.352 e. The number of aryl methyl sites for hydroxylation is 1. The summed E-state index contributed by atoms with van der Waals surface area (Å²) in [4.78, 5) is 0. The lowest BCUT2D eigenvalue weighted by Gasteiger charge is -2.14. The summed E-state index contributed by atoms with van der Waals surface area (Å²) in [6.45, 7) is 7.16. The molecule has 0 aliphatic rings. The fourth-order valence-electron chi connectivity index (χ4n) is 2.24. The van der Waals surface area contributed by atoms with Crippen LogP contribution in [0.2, 0.25) is 0 Å². The zero-order valence-electron chi connectivity index (χ0n) is 12.0. The second kappa shape index (κ2) is 5.57. The van der Waals surface area contributed by atoms with E-state index in [4.69, 9.17) is 0 Å². The Hall–Kier alpha value is -1.61. The van der Waals surface area contributed by atoms with Crippen molar-refractivity contribution >= 4 is 0 Å². The van der Waals surface area contributed by atoms with Crippen molar-refractivity contribution in [3.05, 3.63) is 58.7 Å². The van der Waals surface area contributed by atoms with Gasteiger partial charge in [0.25, 0.3) is 0 Å². The van der Waals surface area contributed by atoms with Gasteiger partial charge in [0.05, 0.1) is 0 Å². The second-order valence-corrected chi connectivity index (χ2v) is 5.11. The number of hydrogen-bond donors (Lipinski definition) is 1. The maximum Gasteiger partial charge on any atom is 0.123 e. The third-order valence-corrected chi connectivity index (χ3v) is 3.85. The summed E-state index contributed by atoms with van der Waals surface area (Å²) in [5.74, 6) is -0.189. The first-order chi connectivity index (χ1) is 8.99. The van der Waals surface area contributed by atoms with Gasteiger partial charge in [0.15, 0.2) is 0 Å². The molecule has 1 heterocycles. The summed E-state index contributed by atoms with van der Waals surface area (Å²) in [6, 6.07) is 9.09. The third-order valence-electron chi connectivity index (χ3n) is 3.85. The van der Waals surface area contributed by atoms with Crippen molar-refractivity contribution in [1.29, 1.82) is 0 Å². The lowest BCUT2D eigenvalue weighted by Crippen LogP contribution is -2.18. The predicted octanol–water partition coefficient (Wildman–Crippen LogP) is 3.63. The molecule has 0 aliphatic heterocycles. The van der Waals surface area contributed by atoms with Crippen LogP contribution in [0.15, 0.2) is 30.3 Å². The molecule has 2 aromatic rings. The maximum absolute atomic E-state index is 12.9. The standard InChI is InChI=1S/C16H21FN2/c1-11-9-15(13(3)19(11)4)10-18-12(2)14-5-7-16(17)8-6-14/h5-9,12,18H,10H2,1-4H3. The number of rotatable bonds is 4. The number of hydrogen-bond acceptors (Lipinski definition) is 1. The average molecular weight is 260 g/mol. The molecule has 0 saturated carbocycles. The molecule has 1 atom stereocenters. The molecule has 0 amide bonds. The Labute approximate surface area is 114 Å². The number of halogens is 1. The number of nitrogens with one attached hydrogen (secondary N) is 1. The van der Waals surface area contributed by atoms with Crippen LogP contribution in [0.25, 0.3) is 0 Å². The second-order valence-electron chi connectivity index (χ2n) is 5.11. The minimum atomic E-state index is -0.189. The van der Waals surface area contributed by atoms with Crippen molar-refractivity contribution in [2.45, 2.75) is 33.4 Å². The molecule has 1 aromatic carbocycles. The first-order valence-corrected chi connectivity index (χ1v) is 6.59. The number of nitrogens with zero attached hydrogens (tertiary/aromatic N) is 1. The summed E-state index contributed by atoms with van der Waals surface area (Å²) in [6.07, 6.45) is 0. The van der Waals surface area contributed by atoms with Gasteiger partial charge in [-0.05, 0) is 50.1 Å². The minimum Gasteiger partial charge on any atom is -0.352 e. The lowest BCUT2D eigenvalue weighted by molar-refractivity contribution is 0.569. The highest BCUT2D eigenvalue weighted by atomic mass is 19.1. The van der Waals surface area contributed by atoms with Crippen LogP contribution < -0.4 is 5.32 Å². The molecular weight excluding hydrogens is 239 g/mol. The van der Waals surface area contributed by atoms with E-state index in [9.17, 15) is 4.39 Å². The summed E-state index contributed by atoms with van der Waals surface area (Å²) in [7, 11) is 2.08. The van der Waals surface area contributed by atoms with Crippen molar-refractivity contribution in [2.24, 2.45) is 7.05 Å². The first-order valence-electron chi connectivity index (χ1n) is 6.59. The van der Waals surface area contributed by atoms with Crippen molar-refractivity contribution in [3.8, 4) is 0 Å². The molecule has 1 aromatic heterocycles. The summed E-state index contributed by atoms with van der Waals surface area (Å²) in [5, 5.41) is 3.48. The van der Waals surface area contributed by atoms with Gasteiger partial charge in [0, 0.05) is 31.0 Å². The average Bonchev–Trinajstić information content (AvgIpc) is 2.64. The van der Waals surface area contributed by atoms with Crippen LogP contribution in [-0.2, 0) is 13.6 Å². The maximum atomic E-state index is 12.9. The molecule has 1 unspecified atom stereocenters. The Morgan fingerprint density at radius 2 is 1.84 bits per heavy atom. The minimum absolute atomic E-state index is 0.189. The molecule has 0 radical (unpaired) electrons. The van der Waals surface area contributed by atoms with E-state index in [1.807, 2.05) is 12.1 Å². The normalized spacial score (nSPS) is 12.7. The SMILES string of the molecule is Cc1cc(CNC(C)c2ccc(F)cc2)c(C)n1C. The highest BCUT2D eigenvalue weighted by Crippen LogP contribution is 2.16. The monoisotopic (exact) mass is 260 g/mol. The van der Waals surface area contributed by atoms with Gasteiger partial charge in [0.1, 0.15) is 5.82 Å². The summed E-state index contributed by atoms with van der Waals surface area (Å²) >= 11 is 0. The van der Waals surface area contributed by atoms with E-state index in [-0.39, 0.29) is 11.9 Å².